The van der Waals surface area contributed by atoms with Gasteiger partial charge in [-0.15, -0.1) is 0 Å². The molecule has 3 rings (SSSR count). The number of hydrogen-bond donors (Lipinski definition) is 0. The van der Waals surface area contributed by atoms with Gasteiger partial charge in [-0.1, -0.05) is 20.8 Å². The Kier molecular flexibility index (Phi) is 2.80. The van der Waals surface area contributed by atoms with Crippen LogP contribution in [0.2, 0.25) is 0 Å². The van der Waals surface area contributed by atoms with Gasteiger partial charge in [0.25, 0.3) is 0 Å². The first-order valence-corrected chi connectivity index (χ1v) is 7.55. The monoisotopic (exact) mass is 246 g/mol. The first-order valence-electron chi connectivity index (χ1n) is 7.55. The van der Waals surface area contributed by atoms with Gasteiger partial charge in [-0.2, -0.15) is 0 Å². The largest absolute Gasteiger partial charge is 0.329 e. The summed E-state index contributed by atoms with van der Waals surface area (Å²) in [5.74, 6) is 2.19. The summed E-state index contributed by atoms with van der Waals surface area (Å²) in [5.41, 5.74) is 3.42. The van der Waals surface area contributed by atoms with Gasteiger partial charge in [0.2, 0.25) is 0 Å². The van der Waals surface area contributed by atoms with E-state index in [-0.39, 0.29) is 0 Å². The SMILES string of the molecule is CC1CCCc2nc3c(n21)CC(C(C)(C)C)CC3. The molecule has 2 heterocycles. The predicted molar refractivity (Wildman–Crippen MR) is 74.8 cm³/mol. The third-order valence-corrected chi connectivity index (χ3v) is 5.02. The maximum Gasteiger partial charge on any atom is 0.109 e. The minimum Gasteiger partial charge on any atom is -0.329 e. The smallest absolute Gasteiger partial charge is 0.109 e. The average molecular weight is 246 g/mol. The van der Waals surface area contributed by atoms with E-state index in [1.54, 1.807) is 5.69 Å². The molecular formula is C16H26N2. The summed E-state index contributed by atoms with van der Waals surface area (Å²) in [4.78, 5) is 4.92. The third-order valence-electron chi connectivity index (χ3n) is 5.02. The van der Waals surface area contributed by atoms with Crippen molar-refractivity contribution in [3.05, 3.63) is 17.2 Å². The molecule has 0 saturated heterocycles. The van der Waals surface area contributed by atoms with Gasteiger partial charge in [-0.25, -0.2) is 4.98 Å². The molecule has 0 fully saturated rings. The van der Waals surface area contributed by atoms with Crippen molar-refractivity contribution in [2.24, 2.45) is 11.3 Å². The van der Waals surface area contributed by atoms with E-state index in [2.05, 4.69) is 32.3 Å². The zero-order valence-electron chi connectivity index (χ0n) is 12.3. The van der Waals surface area contributed by atoms with Crippen LogP contribution in [0, 0.1) is 11.3 Å². The normalized spacial score (nSPS) is 27.8. The lowest BCUT2D eigenvalue weighted by atomic mass is 9.72. The zero-order valence-corrected chi connectivity index (χ0v) is 12.3. The molecule has 0 bridgehead atoms. The lowest BCUT2D eigenvalue weighted by molar-refractivity contribution is 0.209. The average Bonchev–Trinajstić information content (AvgIpc) is 2.66. The fraction of sp³-hybridized carbons (Fsp3) is 0.812. The molecule has 1 aromatic rings. The fourth-order valence-electron chi connectivity index (χ4n) is 3.75. The molecular weight excluding hydrogens is 220 g/mol. The lowest BCUT2D eigenvalue weighted by Crippen LogP contribution is -2.29. The molecule has 0 saturated carbocycles. The molecule has 2 heteroatoms. The van der Waals surface area contributed by atoms with Crippen molar-refractivity contribution in [2.45, 2.75) is 72.3 Å². The number of aryl methyl sites for hydroxylation is 2. The molecule has 1 aromatic heterocycles. The minimum absolute atomic E-state index is 0.431. The summed E-state index contributed by atoms with van der Waals surface area (Å²) in [6.45, 7) is 9.53. The molecule has 0 N–H and O–H groups in total. The fourth-order valence-corrected chi connectivity index (χ4v) is 3.75. The van der Waals surface area contributed by atoms with Crippen molar-refractivity contribution < 1.29 is 0 Å². The van der Waals surface area contributed by atoms with Crippen LogP contribution < -0.4 is 0 Å². The molecule has 2 nitrogen and oxygen atoms in total. The topological polar surface area (TPSA) is 17.8 Å². The van der Waals surface area contributed by atoms with E-state index in [0.717, 1.165) is 5.92 Å². The summed E-state index contributed by atoms with van der Waals surface area (Å²) < 4.78 is 2.58. The van der Waals surface area contributed by atoms with Gasteiger partial charge < -0.3 is 4.57 Å². The number of imidazole rings is 1. The Labute approximate surface area is 111 Å². The van der Waals surface area contributed by atoms with Crippen LogP contribution >= 0.6 is 0 Å². The van der Waals surface area contributed by atoms with Gasteiger partial charge in [0.05, 0.1) is 5.69 Å². The van der Waals surface area contributed by atoms with Gasteiger partial charge in [-0.05, 0) is 50.4 Å². The molecule has 2 atom stereocenters. The highest BCUT2D eigenvalue weighted by Gasteiger charge is 2.33. The van der Waals surface area contributed by atoms with Gasteiger partial charge >= 0.3 is 0 Å². The Balaban J connectivity index is 1.97. The molecule has 0 aromatic carbocycles. The minimum atomic E-state index is 0.431. The lowest BCUT2D eigenvalue weighted by Gasteiger charge is -2.35. The summed E-state index contributed by atoms with van der Waals surface area (Å²) in [6.07, 6.45) is 7.61. The molecule has 0 amide bonds. The second-order valence-corrected chi connectivity index (χ2v) is 7.34. The van der Waals surface area contributed by atoms with Crippen molar-refractivity contribution in [3.63, 3.8) is 0 Å². The van der Waals surface area contributed by atoms with Crippen molar-refractivity contribution in [1.82, 2.24) is 9.55 Å². The maximum atomic E-state index is 4.92. The molecule has 2 unspecified atom stereocenters. The molecule has 2 aliphatic rings. The molecule has 0 radical (unpaired) electrons. The van der Waals surface area contributed by atoms with Crippen molar-refractivity contribution in [2.75, 3.05) is 0 Å². The van der Waals surface area contributed by atoms with Crippen LogP contribution in [0.1, 0.15) is 70.2 Å². The van der Waals surface area contributed by atoms with E-state index in [9.17, 15) is 0 Å². The summed E-state index contributed by atoms with van der Waals surface area (Å²) in [5, 5.41) is 0. The van der Waals surface area contributed by atoms with Crippen molar-refractivity contribution in [3.8, 4) is 0 Å². The summed E-state index contributed by atoms with van der Waals surface area (Å²) in [7, 11) is 0. The quantitative estimate of drug-likeness (QED) is 0.678. The van der Waals surface area contributed by atoms with Gasteiger partial charge in [-0.3, -0.25) is 0 Å². The van der Waals surface area contributed by atoms with Crippen molar-refractivity contribution in [1.29, 1.82) is 0 Å². The Bertz CT molecular complexity index is 450. The van der Waals surface area contributed by atoms with E-state index in [1.807, 2.05) is 0 Å². The Hall–Kier alpha value is -0.790. The summed E-state index contributed by atoms with van der Waals surface area (Å²) in [6, 6.07) is 0.670. The molecule has 18 heavy (non-hydrogen) atoms. The van der Waals surface area contributed by atoms with E-state index in [0.29, 0.717) is 11.5 Å². The molecule has 100 valence electrons. The van der Waals surface area contributed by atoms with Gasteiger partial charge in [0.15, 0.2) is 0 Å². The van der Waals surface area contributed by atoms with Crippen LogP contribution in [0.15, 0.2) is 0 Å². The summed E-state index contributed by atoms with van der Waals surface area (Å²) >= 11 is 0. The van der Waals surface area contributed by atoms with E-state index in [1.165, 1.54) is 50.0 Å². The molecule has 0 spiro atoms. The van der Waals surface area contributed by atoms with E-state index < -0.39 is 0 Å². The van der Waals surface area contributed by atoms with Crippen LogP contribution in [0.5, 0.6) is 0 Å². The van der Waals surface area contributed by atoms with Crippen molar-refractivity contribution >= 4 is 0 Å². The number of fused-ring (bicyclic) bond motifs is 3. The number of rotatable bonds is 0. The van der Waals surface area contributed by atoms with Crippen LogP contribution in [-0.2, 0) is 19.3 Å². The highest BCUT2D eigenvalue weighted by atomic mass is 15.1. The van der Waals surface area contributed by atoms with E-state index >= 15 is 0 Å². The second-order valence-electron chi connectivity index (χ2n) is 7.34. The van der Waals surface area contributed by atoms with Crippen LogP contribution in [0.4, 0.5) is 0 Å². The second kappa shape index (κ2) is 4.11. The first-order chi connectivity index (χ1) is 8.47. The third kappa shape index (κ3) is 1.90. The standard InChI is InChI=1S/C16H26N2/c1-11-6-5-7-15-17-13-9-8-12(16(2,3)4)10-14(13)18(11)15/h11-12H,5-10H2,1-4H3. The van der Waals surface area contributed by atoms with Gasteiger partial charge in [0.1, 0.15) is 5.82 Å². The maximum absolute atomic E-state index is 4.92. The number of aromatic nitrogens is 2. The first kappa shape index (κ1) is 12.3. The molecule has 1 aliphatic heterocycles. The highest BCUT2D eigenvalue weighted by molar-refractivity contribution is 5.23. The Morgan fingerprint density at radius 1 is 1.17 bits per heavy atom. The van der Waals surface area contributed by atoms with Crippen LogP contribution in [-0.4, -0.2) is 9.55 Å². The van der Waals surface area contributed by atoms with Crippen LogP contribution in [0.25, 0.3) is 0 Å². The molecule has 1 aliphatic carbocycles. The predicted octanol–water partition coefficient (Wildman–Crippen LogP) is 3.93. The van der Waals surface area contributed by atoms with Gasteiger partial charge in [0, 0.05) is 18.2 Å². The zero-order chi connectivity index (χ0) is 12.9. The Morgan fingerprint density at radius 2 is 1.94 bits per heavy atom. The number of hydrogen-bond acceptors (Lipinski definition) is 1. The highest BCUT2D eigenvalue weighted by Crippen LogP contribution is 2.39. The van der Waals surface area contributed by atoms with E-state index in [4.69, 9.17) is 4.98 Å². The van der Waals surface area contributed by atoms with Crippen LogP contribution in [0.3, 0.4) is 0 Å². The Morgan fingerprint density at radius 3 is 2.67 bits per heavy atom. The number of nitrogens with zero attached hydrogens (tertiary/aromatic N) is 2.